The highest BCUT2D eigenvalue weighted by atomic mass is 16.5. The monoisotopic (exact) mass is 586 g/mol. The molecule has 1 spiro atoms. The molecular weight excluding hydrogens is 556 g/mol. The Morgan fingerprint density at radius 2 is 1.48 bits per heavy atom. The zero-order chi connectivity index (χ0) is 30.6. The van der Waals surface area contributed by atoms with Gasteiger partial charge in [0.1, 0.15) is 28.7 Å². The molecule has 0 aliphatic carbocycles. The molecule has 0 radical (unpaired) electrons. The second kappa shape index (κ2) is 10.4. The lowest BCUT2D eigenvalue weighted by atomic mass is 9.62. The summed E-state index contributed by atoms with van der Waals surface area (Å²) in [5.74, 6) is -1.07. The molecule has 1 saturated heterocycles. The van der Waals surface area contributed by atoms with Gasteiger partial charge < -0.3 is 24.4 Å². The van der Waals surface area contributed by atoms with Crippen LogP contribution in [0, 0.1) is 5.92 Å². The topological polar surface area (TPSA) is 94.2 Å². The van der Waals surface area contributed by atoms with Crippen molar-refractivity contribution >= 4 is 29.2 Å². The van der Waals surface area contributed by atoms with Crippen molar-refractivity contribution in [2.24, 2.45) is 5.92 Å². The van der Waals surface area contributed by atoms with Crippen molar-refractivity contribution in [3.05, 3.63) is 125 Å². The molecule has 3 heterocycles. The predicted molar refractivity (Wildman–Crippen MR) is 165 cm³/mol. The number of rotatable bonds is 7. The number of para-hydroxylation sites is 2. The summed E-state index contributed by atoms with van der Waals surface area (Å²) in [6, 6.07) is 25.4. The van der Waals surface area contributed by atoms with E-state index >= 15 is 4.79 Å². The number of hydrogen-bond donors (Lipinski definition) is 1. The fraction of sp³-hybridized carbons (Fsp3) is 0.194. The van der Waals surface area contributed by atoms with Crippen LogP contribution in [0.15, 0.2) is 97.2 Å². The van der Waals surface area contributed by atoms with E-state index in [1.54, 1.807) is 42.5 Å². The molecule has 0 bridgehead atoms. The van der Waals surface area contributed by atoms with E-state index in [1.165, 1.54) is 21.3 Å². The van der Waals surface area contributed by atoms with Crippen molar-refractivity contribution in [1.82, 2.24) is 4.90 Å². The lowest BCUT2D eigenvalue weighted by Gasteiger charge is -2.38. The third-order valence-corrected chi connectivity index (χ3v) is 9.17. The normalized spacial score (nSPS) is 22.6. The molecule has 4 aromatic carbocycles. The molecule has 1 fully saturated rings. The van der Waals surface area contributed by atoms with Crippen LogP contribution < -0.4 is 19.5 Å². The molecule has 0 aromatic heterocycles. The van der Waals surface area contributed by atoms with Gasteiger partial charge in [-0.2, -0.15) is 0 Å². The summed E-state index contributed by atoms with van der Waals surface area (Å²) >= 11 is 0. The van der Waals surface area contributed by atoms with Gasteiger partial charge in [-0.15, -0.1) is 0 Å². The Morgan fingerprint density at radius 3 is 2.27 bits per heavy atom. The van der Waals surface area contributed by atoms with Crippen LogP contribution in [-0.4, -0.2) is 49.7 Å². The summed E-state index contributed by atoms with van der Waals surface area (Å²) in [4.78, 5) is 46.7. The molecule has 1 amide bonds. The van der Waals surface area contributed by atoms with Gasteiger partial charge in [0, 0.05) is 11.9 Å². The first-order chi connectivity index (χ1) is 21.4. The van der Waals surface area contributed by atoms with Crippen LogP contribution >= 0.6 is 0 Å². The van der Waals surface area contributed by atoms with E-state index in [9.17, 15) is 9.59 Å². The van der Waals surface area contributed by atoms with Crippen LogP contribution in [0.1, 0.15) is 43.4 Å². The maximum Gasteiger partial charge on any atom is 0.238 e. The molecule has 0 saturated carbocycles. The molecule has 8 heteroatoms. The minimum Gasteiger partial charge on any atom is -0.497 e. The fourth-order valence-corrected chi connectivity index (χ4v) is 7.35. The van der Waals surface area contributed by atoms with Crippen molar-refractivity contribution < 1.29 is 28.6 Å². The minimum atomic E-state index is -1.47. The minimum absolute atomic E-state index is 0.225. The van der Waals surface area contributed by atoms with Gasteiger partial charge in [-0.3, -0.25) is 14.4 Å². The van der Waals surface area contributed by atoms with E-state index in [4.69, 9.17) is 14.2 Å². The van der Waals surface area contributed by atoms with Gasteiger partial charge in [-0.1, -0.05) is 54.6 Å². The fourth-order valence-electron chi connectivity index (χ4n) is 7.35. The summed E-state index contributed by atoms with van der Waals surface area (Å²) in [7, 11) is 4.51. The van der Waals surface area contributed by atoms with Crippen molar-refractivity contribution in [3.63, 3.8) is 0 Å². The quantitative estimate of drug-likeness (QED) is 0.278. The molecule has 220 valence electrons. The Kier molecular flexibility index (Phi) is 6.50. The van der Waals surface area contributed by atoms with E-state index in [0.29, 0.717) is 34.1 Å². The molecule has 3 aliphatic rings. The number of hydrogen-bond acceptors (Lipinski definition) is 7. The molecule has 3 aliphatic heterocycles. The highest BCUT2D eigenvalue weighted by Crippen LogP contribution is 2.62. The summed E-state index contributed by atoms with van der Waals surface area (Å²) < 4.78 is 16.7. The Labute approximate surface area is 254 Å². The maximum absolute atomic E-state index is 15.2. The summed E-state index contributed by atoms with van der Waals surface area (Å²) in [5, 5.41) is 3.07. The highest BCUT2D eigenvalue weighted by Gasteiger charge is 2.71. The number of amides is 1. The highest BCUT2D eigenvalue weighted by molar-refractivity contribution is 6.17. The predicted octanol–water partition coefficient (Wildman–Crippen LogP) is 5.69. The molecular formula is C36H30N2O6. The van der Waals surface area contributed by atoms with Crippen molar-refractivity contribution in [2.45, 2.75) is 17.5 Å². The van der Waals surface area contributed by atoms with Crippen LogP contribution in [-0.2, 0) is 10.2 Å². The van der Waals surface area contributed by atoms with Crippen molar-refractivity contribution in [1.29, 1.82) is 0 Å². The van der Waals surface area contributed by atoms with Crippen LogP contribution in [0.2, 0.25) is 0 Å². The summed E-state index contributed by atoms with van der Waals surface area (Å²) in [6.45, 7) is 0. The number of carbonyl (C=O) groups excluding carboxylic acids is 3. The number of benzene rings is 4. The average Bonchev–Trinajstić information content (AvgIpc) is 3.55. The number of Topliss-reactive ketones (excluding diaryl/α,β-unsaturated/α-hetero) is 2. The number of anilines is 1. The van der Waals surface area contributed by atoms with E-state index in [0.717, 1.165) is 11.1 Å². The average molecular weight is 587 g/mol. The molecule has 7 rings (SSSR count). The second-order valence-electron chi connectivity index (χ2n) is 11.1. The van der Waals surface area contributed by atoms with Crippen LogP contribution in [0.25, 0.3) is 6.08 Å². The van der Waals surface area contributed by atoms with Gasteiger partial charge in [-0.05, 0) is 59.2 Å². The van der Waals surface area contributed by atoms with Crippen LogP contribution in [0.4, 0.5) is 5.69 Å². The smallest absolute Gasteiger partial charge is 0.238 e. The largest absolute Gasteiger partial charge is 0.497 e. The first kappa shape index (κ1) is 27.5. The summed E-state index contributed by atoms with van der Waals surface area (Å²) in [5.41, 5.74) is 2.14. The zero-order valence-corrected chi connectivity index (χ0v) is 24.4. The van der Waals surface area contributed by atoms with Gasteiger partial charge >= 0.3 is 0 Å². The van der Waals surface area contributed by atoms with Gasteiger partial charge in [0.15, 0.2) is 11.6 Å². The number of ether oxygens (including phenoxy) is 3. The number of nitrogens with zero attached hydrogens (tertiary/aromatic N) is 1. The SMILES string of the molecule is COc1ccc(OC)c(C(=O)[C@H]2[C@H](C(=O)c3ccccc3OC)N3C=Cc4ccccc4[C@@H]3[C@]23C(=O)Nc2ccccc23)c1. The van der Waals surface area contributed by atoms with Gasteiger partial charge in [0.05, 0.1) is 44.4 Å². The lowest BCUT2D eigenvalue weighted by Crippen LogP contribution is -2.49. The Morgan fingerprint density at radius 1 is 0.773 bits per heavy atom. The van der Waals surface area contributed by atoms with Gasteiger partial charge in [0.25, 0.3) is 0 Å². The van der Waals surface area contributed by atoms with E-state index in [-0.39, 0.29) is 17.3 Å². The Bertz CT molecular complexity index is 1870. The third kappa shape index (κ3) is 3.73. The van der Waals surface area contributed by atoms with Gasteiger partial charge in [0.2, 0.25) is 5.91 Å². The lowest BCUT2D eigenvalue weighted by molar-refractivity contribution is -0.122. The van der Waals surface area contributed by atoms with Crippen molar-refractivity contribution in [3.8, 4) is 17.2 Å². The molecule has 4 atom stereocenters. The maximum atomic E-state index is 15.2. The zero-order valence-electron chi connectivity index (χ0n) is 24.4. The molecule has 4 aromatic rings. The molecule has 8 nitrogen and oxygen atoms in total. The number of carbonyl (C=O) groups is 3. The van der Waals surface area contributed by atoms with E-state index in [1.807, 2.05) is 65.7 Å². The first-order valence-corrected chi connectivity index (χ1v) is 14.3. The molecule has 44 heavy (non-hydrogen) atoms. The second-order valence-corrected chi connectivity index (χ2v) is 11.1. The number of nitrogens with one attached hydrogen (secondary N) is 1. The molecule has 0 unspecified atom stereocenters. The van der Waals surface area contributed by atoms with Crippen molar-refractivity contribution in [2.75, 3.05) is 26.6 Å². The molecule has 1 N–H and O–H groups in total. The Hall–Kier alpha value is -5.37. The standard InChI is InChI=1S/C36H30N2O6/c1-42-22-16-17-29(44-3)25(20-22)32(39)30-31(33(40)24-12-6-9-15-28(24)43-2)38-19-18-21-10-4-5-11-23(21)34(38)36(30)26-13-7-8-14-27(26)37-35(36)41/h4-20,30-31,34H,1-3H3,(H,37,41)/t30-,31-,34-,36-/m1/s1. The Balaban J connectivity index is 1.56. The summed E-state index contributed by atoms with van der Waals surface area (Å²) in [6.07, 6.45) is 3.77. The third-order valence-electron chi connectivity index (χ3n) is 9.17. The van der Waals surface area contributed by atoms with E-state index < -0.39 is 29.2 Å². The van der Waals surface area contributed by atoms with Crippen LogP contribution in [0.3, 0.4) is 0 Å². The van der Waals surface area contributed by atoms with Crippen LogP contribution in [0.5, 0.6) is 17.2 Å². The number of methoxy groups -OCH3 is 3. The number of fused-ring (bicyclic) bond motifs is 6. The van der Waals surface area contributed by atoms with Gasteiger partial charge in [-0.25, -0.2) is 0 Å². The first-order valence-electron chi connectivity index (χ1n) is 14.3. The number of ketones is 2. The van der Waals surface area contributed by atoms with E-state index in [2.05, 4.69) is 5.32 Å².